The Kier molecular flexibility index (Phi) is 84.3. The van der Waals surface area contributed by atoms with Crippen molar-refractivity contribution in [2.24, 2.45) is 0 Å². The van der Waals surface area contributed by atoms with Crippen LogP contribution in [0.15, 0.2) is 0 Å². The van der Waals surface area contributed by atoms with Gasteiger partial charge in [0.15, 0.2) is 0 Å². The molecule has 76 heavy (non-hydrogen) atoms. The van der Waals surface area contributed by atoms with Gasteiger partial charge in [-0.25, -0.2) is 0 Å². The van der Waals surface area contributed by atoms with Crippen molar-refractivity contribution < 1.29 is 4.65 Å². The summed E-state index contributed by atoms with van der Waals surface area (Å²) in [4.78, 5) is 0. The van der Waals surface area contributed by atoms with E-state index in [1.165, 1.54) is 0 Å². The van der Waals surface area contributed by atoms with Crippen molar-refractivity contribution >= 4 is 490 Å². The summed E-state index contributed by atoms with van der Waals surface area (Å²) in [6.07, 6.45) is 0. The molecule has 0 aromatic carbocycles. The monoisotopic (exact) mass is 851 g/mol. The molecule has 0 saturated carbocycles. The van der Waals surface area contributed by atoms with E-state index in [1.807, 2.05) is 490 Å². The second-order valence-corrected chi connectivity index (χ2v) is 14.4. The summed E-state index contributed by atoms with van der Waals surface area (Å²) >= 11 is 0. The molecular weight excluding hydrogens is 829 g/mol. The van der Waals surface area contributed by atoms with E-state index in [0.717, 1.165) is 0 Å². The summed E-state index contributed by atoms with van der Waals surface area (Å²) in [5.74, 6) is 0. The van der Waals surface area contributed by atoms with Crippen LogP contribution >= 0.6 is 0 Å². The molecular formula is C2H7B73O. The van der Waals surface area contributed by atoms with Crippen LogP contribution in [0.1, 0.15) is 6.92 Å². The van der Waals surface area contributed by atoms with Crippen LogP contribution in [0.5, 0.6) is 0 Å². The van der Waals surface area contributed by atoms with Crippen LogP contribution in [0.3, 0.4) is 0 Å². The first-order chi connectivity index (χ1) is 37.9. The maximum atomic E-state index is 5.11. The Morgan fingerprint density at radius 3 is 0.342 bits per heavy atom. The van der Waals surface area contributed by atoms with Crippen LogP contribution in [0.25, 0.3) is 0 Å². The summed E-state index contributed by atoms with van der Waals surface area (Å²) in [6, 6.07) is 0. The molecule has 74 heteroatoms. The SMILES string of the molecule is BB=BB=BB=BB=BB=BB=BB=BB=BB=BB=BB=BB=BB=BB=BB=BB=BB=BB=BB=BB=BB=BB=BB=BB=BB=BB=BB=BB=BB=BB=BB=BB=BB=BB=BB=BB=BOCC. The van der Waals surface area contributed by atoms with Crippen LogP contribution in [0, 0.1) is 0 Å². The molecule has 0 aliphatic carbocycles. The molecule has 0 aromatic rings. The van der Waals surface area contributed by atoms with E-state index in [-0.39, 0.29) is 0 Å². The van der Waals surface area contributed by atoms with Crippen LogP contribution in [0.2, 0.25) is 0 Å². The van der Waals surface area contributed by atoms with Crippen molar-refractivity contribution in [3.63, 3.8) is 0 Å². The van der Waals surface area contributed by atoms with Gasteiger partial charge in [0.05, 0.1) is 0 Å². The topological polar surface area (TPSA) is 9.23 Å². The normalized spacial score (nSPS) is 7.91. The number of hydrogen-bond donors (Lipinski definition) is 0. The van der Waals surface area contributed by atoms with E-state index in [0.29, 0.717) is 6.61 Å². The Morgan fingerprint density at radius 2 is 0.250 bits per heavy atom. The Hall–Kier alpha value is 4.54. The van der Waals surface area contributed by atoms with Gasteiger partial charge < -0.3 is 0 Å². The van der Waals surface area contributed by atoms with Gasteiger partial charge in [0.2, 0.25) is 0 Å². The molecule has 0 aliphatic heterocycles. The molecule has 240 valence electrons. The Bertz CT molecular complexity index is 2610. The van der Waals surface area contributed by atoms with Crippen molar-refractivity contribution in [3.8, 4) is 0 Å². The second kappa shape index (κ2) is 79.5. The minimum absolute atomic E-state index is 0.684. The van der Waals surface area contributed by atoms with Gasteiger partial charge in [-0.15, -0.1) is 0 Å². The van der Waals surface area contributed by atoms with E-state index in [1.54, 1.807) is 7.00 Å². The third-order valence-corrected chi connectivity index (χ3v) is 8.20. The van der Waals surface area contributed by atoms with Crippen molar-refractivity contribution in [2.75, 3.05) is 6.61 Å². The van der Waals surface area contributed by atoms with Gasteiger partial charge in [-0.3, -0.25) is 0 Å². The van der Waals surface area contributed by atoms with Crippen molar-refractivity contribution in [3.05, 3.63) is 0 Å². The molecule has 0 heterocycles. The van der Waals surface area contributed by atoms with E-state index in [4.69, 9.17) is 4.65 Å². The minimum atomic E-state index is 0.684. The third-order valence-electron chi connectivity index (χ3n) is 8.20. The first kappa shape index (κ1) is 80.5. The molecule has 0 bridgehead atoms. The Morgan fingerprint density at radius 1 is 0.158 bits per heavy atom. The maximum absolute atomic E-state index is 5.11. The molecule has 0 radical (unpaired) electrons. The predicted molar refractivity (Wildman–Crippen MR) is 434 cm³/mol. The predicted octanol–water partition coefficient (Wildman–Crippen LogP) is -27.8. The molecule has 0 spiro atoms. The molecule has 0 unspecified atom stereocenters. The zero-order valence-electron chi connectivity index (χ0n) is 44.7. The molecule has 0 saturated heterocycles. The van der Waals surface area contributed by atoms with Gasteiger partial charge in [-0.1, -0.05) is 0 Å². The van der Waals surface area contributed by atoms with Gasteiger partial charge in [-0.05, 0) is 0 Å². The first-order valence-electron chi connectivity index (χ1n) is 25.5. The van der Waals surface area contributed by atoms with Gasteiger partial charge >= 0.3 is 508 Å². The van der Waals surface area contributed by atoms with E-state index in [9.17, 15) is 0 Å². The van der Waals surface area contributed by atoms with E-state index < -0.39 is 0 Å². The van der Waals surface area contributed by atoms with Crippen LogP contribution < -0.4 is 0 Å². The summed E-state index contributed by atoms with van der Waals surface area (Å²) in [6.45, 7) is 144. The fraction of sp³-hybridized carbons (Fsp3) is 1.00. The van der Waals surface area contributed by atoms with Crippen molar-refractivity contribution in [1.29, 1.82) is 0 Å². The summed E-state index contributed by atoms with van der Waals surface area (Å²) < 4.78 is 5.11. The van der Waals surface area contributed by atoms with Crippen molar-refractivity contribution in [2.45, 2.75) is 6.92 Å². The number of rotatable bonds is 37. The number of hydrogen-bond acceptors (Lipinski definition) is 1. The van der Waals surface area contributed by atoms with E-state index >= 15 is 0 Å². The van der Waals surface area contributed by atoms with E-state index in [2.05, 4.69) is 0 Å². The average molecular weight is 836 g/mol. The molecule has 0 atom stereocenters. The molecule has 0 fully saturated rings. The molecule has 0 aliphatic rings. The average Bonchev–Trinajstić information content (AvgIpc) is 3.43. The summed E-state index contributed by atoms with van der Waals surface area (Å²) in [5, 5.41) is 0. The fourth-order valence-electron chi connectivity index (χ4n) is 4.67. The summed E-state index contributed by atoms with van der Waals surface area (Å²) in [7, 11) is 3.68. The molecule has 0 amide bonds. The Labute approximate surface area is 503 Å². The van der Waals surface area contributed by atoms with Crippen LogP contribution in [-0.4, -0.2) is 497 Å². The van der Waals surface area contributed by atoms with Gasteiger partial charge in [0, 0.05) is 0 Å². The fourth-order valence-corrected chi connectivity index (χ4v) is 4.67. The molecule has 0 aromatic heterocycles. The zero-order chi connectivity index (χ0) is 54.3. The van der Waals surface area contributed by atoms with Gasteiger partial charge in [0.25, 0.3) is 0 Å². The van der Waals surface area contributed by atoms with Gasteiger partial charge in [-0.2, -0.15) is 0 Å². The van der Waals surface area contributed by atoms with Crippen molar-refractivity contribution in [1.82, 2.24) is 0 Å². The van der Waals surface area contributed by atoms with Crippen LogP contribution in [-0.2, 0) is 4.65 Å². The Balaban J connectivity index is 4.09. The molecule has 1 nitrogen and oxygen atoms in total. The second-order valence-electron chi connectivity index (χ2n) is 14.4. The van der Waals surface area contributed by atoms with Gasteiger partial charge in [0.1, 0.15) is 0 Å². The molecule has 0 rings (SSSR count). The standard InChI is InChI=1S/C2H7B73O/c1-2-76-75-74-73-72-71-70-69-68-67-66-65-64-63-62-61-60-59-58-57-56-55-54-53-52-51-50-49-48-47-46-45-44-43-42-41-40-39-38-37-36-35-34-33-32-31-30-29-28-27-26-25-24-23-22-21-20-19-18-17-16-15-14-13-12-11-10-9-8-7-6-5-4-3/h2-3H2,1H3. The summed E-state index contributed by atoms with van der Waals surface area (Å²) in [5.41, 5.74) is 0. The third kappa shape index (κ3) is 78.5. The zero-order valence-corrected chi connectivity index (χ0v) is 44.7. The molecule has 0 N–H and O–H groups in total. The van der Waals surface area contributed by atoms with Crippen LogP contribution in [0.4, 0.5) is 0 Å². The quantitative estimate of drug-likeness (QED) is 0.0567. The first-order valence-corrected chi connectivity index (χ1v) is 25.5.